The molecule has 9 heteroatoms. The van der Waals surface area contributed by atoms with Crippen LogP contribution in [0.25, 0.3) is 10.9 Å². The maximum atomic E-state index is 13.3. The number of anilines is 1. The number of pyridine rings is 1. The minimum Gasteiger partial charge on any atom is -0.449 e. The molecule has 32 heavy (non-hydrogen) atoms. The van der Waals surface area contributed by atoms with Crippen molar-refractivity contribution in [3.63, 3.8) is 0 Å². The molecule has 4 rings (SSSR count). The Morgan fingerprint density at radius 3 is 2.56 bits per heavy atom. The molecule has 1 amide bonds. The van der Waals surface area contributed by atoms with Crippen molar-refractivity contribution in [1.29, 1.82) is 0 Å². The maximum absolute atomic E-state index is 13.3. The summed E-state index contributed by atoms with van der Waals surface area (Å²) in [6.07, 6.45) is -4.08. The summed E-state index contributed by atoms with van der Waals surface area (Å²) in [5, 5.41) is 2.63. The van der Waals surface area contributed by atoms with E-state index in [2.05, 4.69) is 10.3 Å². The van der Waals surface area contributed by atoms with E-state index in [1.165, 1.54) is 13.0 Å². The molecular formula is C23H18ClF3N2O3. The van der Waals surface area contributed by atoms with Gasteiger partial charge in [-0.25, -0.2) is 4.79 Å². The van der Waals surface area contributed by atoms with Gasteiger partial charge in [-0.1, -0.05) is 29.8 Å². The van der Waals surface area contributed by atoms with E-state index < -0.39 is 35.4 Å². The number of carbonyl (C=O) groups excluding carboxylic acids is 2. The molecule has 1 aliphatic carbocycles. The van der Waals surface area contributed by atoms with Crippen LogP contribution in [-0.2, 0) is 15.7 Å². The number of nitrogens with zero attached hydrogens (tertiary/aromatic N) is 1. The maximum Gasteiger partial charge on any atom is 0.418 e. The number of halogens is 4. The zero-order valence-electron chi connectivity index (χ0n) is 16.9. The molecule has 0 bridgehead atoms. The zero-order chi connectivity index (χ0) is 23.0. The van der Waals surface area contributed by atoms with Gasteiger partial charge in [-0.15, -0.1) is 0 Å². The molecule has 5 nitrogen and oxygen atoms in total. The zero-order valence-corrected chi connectivity index (χ0v) is 17.6. The number of esters is 1. The fourth-order valence-corrected chi connectivity index (χ4v) is 3.50. The van der Waals surface area contributed by atoms with E-state index in [-0.39, 0.29) is 16.5 Å². The number of hydrogen-bond acceptors (Lipinski definition) is 4. The Morgan fingerprint density at radius 1 is 1.16 bits per heavy atom. The van der Waals surface area contributed by atoms with E-state index in [1.54, 1.807) is 24.3 Å². The van der Waals surface area contributed by atoms with Gasteiger partial charge in [0.15, 0.2) is 6.10 Å². The Balaban J connectivity index is 1.54. The highest BCUT2D eigenvalue weighted by molar-refractivity contribution is 6.30. The smallest absolute Gasteiger partial charge is 0.418 e. The number of carbonyl (C=O) groups is 2. The Bertz CT molecular complexity index is 1210. The lowest BCUT2D eigenvalue weighted by atomic mass is 10.1. The molecule has 1 unspecified atom stereocenters. The van der Waals surface area contributed by atoms with E-state index in [0.717, 1.165) is 30.7 Å². The topological polar surface area (TPSA) is 68.3 Å². The largest absolute Gasteiger partial charge is 0.449 e. The minimum atomic E-state index is -4.72. The van der Waals surface area contributed by atoms with Crippen LogP contribution in [0.15, 0.2) is 48.5 Å². The Hall–Kier alpha value is -3.13. The molecule has 0 radical (unpaired) electrons. The number of hydrogen-bond donors (Lipinski definition) is 1. The number of fused-ring (bicyclic) bond motifs is 1. The van der Waals surface area contributed by atoms with Gasteiger partial charge in [-0.2, -0.15) is 13.2 Å². The number of ether oxygens (including phenoxy) is 1. The summed E-state index contributed by atoms with van der Waals surface area (Å²) in [4.78, 5) is 29.9. The lowest BCUT2D eigenvalue weighted by molar-refractivity contribution is -0.137. The van der Waals surface area contributed by atoms with Crippen LogP contribution in [0.5, 0.6) is 0 Å². The van der Waals surface area contributed by atoms with Gasteiger partial charge in [0, 0.05) is 22.0 Å². The van der Waals surface area contributed by atoms with Crippen molar-refractivity contribution in [1.82, 2.24) is 4.98 Å². The standard InChI is InChI=1S/C23H18ClF3N2O3/c1-12(21(30)29-19-9-8-14(24)10-17(19)23(25,26)27)32-22(31)16-11-20(13-6-7-13)28-18-5-3-2-4-15(16)18/h2-5,8-13H,6-7H2,1H3,(H,29,30). The molecular weight excluding hydrogens is 445 g/mol. The molecule has 1 aromatic heterocycles. The van der Waals surface area contributed by atoms with Crippen LogP contribution in [0, 0.1) is 0 Å². The van der Waals surface area contributed by atoms with Crippen molar-refractivity contribution in [2.75, 3.05) is 5.32 Å². The number of rotatable bonds is 5. The first-order valence-electron chi connectivity index (χ1n) is 9.92. The van der Waals surface area contributed by atoms with Crippen LogP contribution in [0.1, 0.15) is 47.3 Å². The first kappa shape index (κ1) is 22.1. The van der Waals surface area contributed by atoms with Crippen molar-refractivity contribution in [2.24, 2.45) is 0 Å². The third-order valence-electron chi connectivity index (χ3n) is 5.15. The quantitative estimate of drug-likeness (QED) is 0.474. The third-order valence-corrected chi connectivity index (χ3v) is 5.38. The number of benzene rings is 2. The lowest BCUT2D eigenvalue weighted by Crippen LogP contribution is -2.31. The molecule has 3 aromatic rings. The van der Waals surface area contributed by atoms with Gasteiger partial charge in [0.2, 0.25) is 0 Å². The first-order chi connectivity index (χ1) is 15.1. The summed E-state index contributed by atoms with van der Waals surface area (Å²) >= 11 is 5.66. The van der Waals surface area contributed by atoms with Gasteiger partial charge in [-0.3, -0.25) is 9.78 Å². The fraction of sp³-hybridized carbons (Fsp3) is 0.261. The molecule has 0 aliphatic heterocycles. The summed E-state index contributed by atoms with van der Waals surface area (Å²) in [7, 11) is 0. The SMILES string of the molecule is CC(OC(=O)c1cc(C2CC2)nc2ccccc12)C(=O)Nc1ccc(Cl)cc1C(F)(F)F. The van der Waals surface area contributed by atoms with Gasteiger partial charge in [0.1, 0.15) is 0 Å². The average Bonchev–Trinajstić information content (AvgIpc) is 3.58. The summed E-state index contributed by atoms with van der Waals surface area (Å²) < 4.78 is 45.1. The second kappa shape index (κ2) is 8.43. The van der Waals surface area contributed by atoms with Gasteiger partial charge >= 0.3 is 12.1 Å². The van der Waals surface area contributed by atoms with Gasteiger partial charge in [0.25, 0.3) is 5.91 Å². The van der Waals surface area contributed by atoms with Crippen LogP contribution < -0.4 is 5.32 Å². The van der Waals surface area contributed by atoms with Gasteiger partial charge in [0.05, 0.1) is 22.3 Å². The van der Waals surface area contributed by atoms with Crippen molar-refractivity contribution < 1.29 is 27.5 Å². The van der Waals surface area contributed by atoms with Crippen molar-refractivity contribution >= 4 is 40.1 Å². The molecule has 1 atom stereocenters. The van der Waals surface area contributed by atoms with E-state index in [1.807, 2.05) is 6.07 Å². The van der Waals surface area contributed by atoms with Crippen molar-refractivity contribution in [2.45, 2.75) is 38.0 Å². The van der Waals surface area contributed by atoms with Crippen LogP contribution in [0.4, 0.5) is 18.9 Å². The number of para-hydroxylation sites is 1. The Labute approximate surface area is 186 Å². The molecule has 166 valence electrons. The summed E-state index contributed by atoms with van der Waals surface area (Å²) in [5.74, 6) is -1.36. The van der Waals surface area contributed by atoms with Crippen LogP contribution in [0.3, 0.4) is 0 Å². The molecule has 1 N–H and O–H groups in total. The Kier molecular flexibility index (Phi) is 5.81. The number of alkyl halides is 3. The minimum absolute atomic E-state index is 0.120. The monoisotopic (exact) mass is 462 g/mol. The molecule has 0 spiro atoms. The highest BCUT2D eigenvalue weighted by atomic mass is 35.5. The third kappa shape index (κ3) is 4.70. The Morgan fingerprint density at radius 2 is 1.88 bits per heavy atom. The summed E-state index contributed by atoms with van der Waals surface area (Å²) in [5.41, 5.74) is 0.117. The highest BCUT2D eigenvalue weighted by Gasteiger charge is 2.35. The van der Waals surface area contributed by atoms with E-state index >= 15 is 0 Å². The predicted molar refractivity (Wildman–Crippen MR) is 114 cm³/mol. The molecule has 1 fully saturated rings. The fourth-order valence-electron chi connectivity index (χ4n) is 3.32. The molecule has 2 aromatic carbocycles. The number of amides is 1. The van der Waals surface area contributed by atoms with Crippen molar-refractivity contribution in [3.05, 3.63) is 70.4 Å². The average molecular weight is 463 g/mol. The summed E-state index contributed by atoms with van der Waals surface area (Å²) in [6.45, 7) is 1.29. The summed E-state index contributed by atoms with van der Waals surface area (Å²) in [6, 6.07) is 11.7. The number of aromatic nitrogens is 1. The lowest BCUT2D eigenvalue weighted by Gasteiger charge is -2.17. The molecule has 1 aliphatic rings. The first-order valence-corrected chi connectivity index (χ1v) is 10.3. The molecule has 1 saturated carbocycles. The van der Waals surface area contributed by atoms with Crippen LogP contribution in [0.2, 0.25) is 5.02 Å². The number of nitrogens with one attached hydrogen (secondary N) is 1. The van der Waals surface area contributed by atoms with E-state index in [9.17, 15) is 22.8 Å². The van der Waals surface area contributed by atoms with Crippen molar-refractivity contribution in [3.8, 4) is 0 Å². The van der Waals surface area contributed by atoms with Gasteiger partial charge in [-0.05, 0) is 50.1 Å². The normalized spacial score (nSPS) is 14.8. The van der Waals surface area contributed by atoms with Crippen LogP contribution >= 0.6 is 11.6 Å². The molecule has 1 heterocycles. The second-order valence-corrected chi connectivity index (χ2v) is 8.05. The van der Waals surface area contributed by atoms with E-state index in [0.29, 0.717) is 10.9 Å². The van der Waals surface area contributed by atoms with E-state index in [4.69, 9.17) is 16.3 Å². The van der Waals surface area contributed by atoms with Crippen LogP contribution in [-0.4, -0.2) is 23.0 Å². The highest BCUT2D eigenvalue weighted by Crippen LogP contribution is 2.40. The second-order valence-electron chi connectivity index (χ2n) is 7.61. The molecule has 0 saturated heterocycles. The van der Waals surface area contributed by atoms with Gasteiger partial charge < -0.3 is 10.1 Å². The predicted octanol–water partition coefficient (Wildman–Crippen LogP) is 5.97.